The Balaban J connectivity index is 1.61. The average Bonchev–Trinajstić information content (AvgIpc) is 3.58. The Morgan fingerprint density at radius 1 is 1.11 bits per heavy atom. The van der Waals surface area contributed by atoms with Crippen LogP contribution in [0.4, 0.5) is 11.4 Å². The molecule has 0 bridgehead atoms. The van der Waals surface area contributed by atoms with Gasteiger partial charge in [-0.25, -0.2) is 4.98 Å². The molecule has 1 aromatic carbocycles. The van der Waals surface area contributed by atoms with Crippen LogP contribution in [0.3, 0.4) is 0 Å². The van der Waals surface area contributed by atoms with Gasteiger partial charge in [0.1, 0.15) is 0 Å². The molecule has 3 aromatic heterocycles. The molecule has 2 atom stereocenters. The van der Waals surface area contributed by atoms with E-state index < -0.39 is 0 Å². The van der Waals surface area contributed by atoms with Crippen LogP contribution in [0.15, 0.2) is 60.2 Å². The van der Waals surface area contributed by atoms with Crippen LogP contribution in [-0.4, -0.2) is 25.6 Å². The maximum Gasteiger partial charge on any atom is 0.226 e. The summed E-state index contributed by atoms with van der Waals surface area (Å²) in [4.78, 5) is 23.7. The molecule has 1 aliphatic heterocycles. The predicted molar refractivity (Wildman–Crippen MR) is 153 cm³/mol. The lowest BCUT2D eigenvalue weighted by atomic mass is 9.96. The number of anilines is 2. The van der Waals surface area contributed by atoms with Crippen molar-refractivity contribution < 1.29 is 4.79 Å². The molecule has 1 aliphatic rings. The van der Waals surface area contributed by atoms with Crippen LogP contribution in [0.2, 0.25) is 0 Å². The highest BCUT2D eigenvalue weighted by atomic mass is 32.1. The van der Waals surface area contributed by atoms with Crippen LogP contribution < -0.4 is 15.5 Å². The van der Waals surface area contributed by atoms with Crippen molar-refractivity contribution in [1.29, 1.82) is 0 Å². The Kier molecular flexibility index (Phi) is 6.83. The first kappa shape index (κ1) is 25.1. The number of amides is 1. The maximum atomic E-state index is 12.3. The molecule has 0 saturated carbocycles. The quantitative estimate of drug-likeness (QED) is 0.297. The summed E-state index contributed by atoms with van der Waals surface area (Å²) in [5, 5.41) is 10.1. The Labute approximate surface area is 226 Å². The second kappa shape index (κ2) is 10.1. The van der Waals surface area contributed by atoms with E-state index in [1.54, 1.807) is 11.3 Å². The topological polar surface area (TPSA) is 75.1 Å². The Bertz CT molecular complexity index is 1450. The molecule has 2 N–H and O–H groups in total. The van der Waals surface area contributed by atoms with Crippen LogP contribution in [0, 0.1) is 26.7 Å². The van der Waals surface area contributed by atoms with Gasteiger partial charge >= 0.3 is 0 Å². The van der Waals surface area contributed by atoms with Crippen molar-refractivity contribution in [1.82, 2.24) is 19.9 Å². The highest BCUT2D eigenvalue weighted by molar-refractivity contribution is 7.80. The first-order chi connectivity index (χ1) is 17.8. The minimum Gasteiger partial charge on any atom is -0.351 e. The van der Waals surface area contributed by atoms with Crippen molar-refractivity contribution in [2.24, 2.45) is 5.92 Å². The van der Waals surface area contributed by atoms with Gasteiger partial charge in [0.05, 0.1) is 17.8 Å². The molecule has 5 rings (SSSR count). The molecule has 4 heterocycles. The van der Waals surface area contributed by atoms with E-state index in [1.807, 2.05) is 68.9 Å². The fourth-order valence-corrected chi connectivity index (χ4v) is 5.97. The zero-order valence-corrected chi connectivity index (χ0v) is 23.2. The fraction of sp³-hybridized carbons (Fsp3) is 0.286. The number of rotatable bonds is 6. The fourth-order valence-electron chi connectivity index (χ4n) is 4.87. The van der Waals surface area contributed by atoms with Crippen molar-refractivity contribution in [2.45, 2.75) is 46.7 Å². The van der Waals surface area contributed by atoms with Crippen molar-refractivity contribution in [2.75, 3.05) is 10.2 Å². The molecule has 4 aromatic rings. The number of carbonyl (C=O) groups is 1. The number of aryl methyl sites for hydroxylation is 2. The van der Waals surface area contributed by atoms with Gasteiger partial charge in [-0.15, -0.1) is 11.3 Å². The van der Waals surface area contributed by atoms with Crippen LogP contribution in [0.5, 0.6) is 0 Å². The summed E-state index contributed by atoms with van der Waals surface area (Å²) < 4.78 is 2.20. The van der Waals surface area contributed by atoms with Gasteiger partial charge in [0, 0.05) is 46.5 Å². The van der Waals surface area contributed by atoms with E-state index in [0.29, 0.717) is 5.11 Å². The molecule has 7 nitrogen and oxygen atoms in total. The van der Waals surface area contributed by atoms with Crippen LogP contribution in [-0.2, 0) is 4.79 Å². The third kappa shape index (κ3) is 4.65. The second-order valence-corrected chi connectivity index (χ2v) is 10.9. The predicted octanol–water partition coefficient (Wildman–Crippen LogP) is 6.03. The number of carbonyl (C=O) groups excluding carboxylic acids is 1. The number of hydrogen-bond acceptors (Lipinski definition) is 5. The minimum absolute atomic E-state index is 0.00284. The summed E-state index contributed by atoms with van der Waals surface area (Å²) in [6.45, 7) is 10.0. The largest absolute Gasteiger partial charge is 0.351 e. The van der Waals surface area contributed by atoms with Gasteiger partial charge in [0.25, 0.3) is 0 Å². The summed E-state index contributed by atoms with van der Waals surface area (Å²) in [6.07, 6.45) is 3.64. The number of thiazole rings is 1. The van der Waals surface area contributed by atoms with E-state index in [2.05, 4.69) is 56.0 Å². The number of nitrogens with one attached hydrogen (secondary N) is 2. The molecule has 0 unspecified atom stereocenters. The van der Waals surface area contributed by atoms with Crippen molar-refractivity contribution in [3.63, 3.8) is 0 Å². The first-order valence-electron chi connectivity index (χ1n) is 12.3. The number of aromatic nitrogens is 3. The Morgan fingerprint density at radius 3 is 2.57 bits per heavy atom. The highest BCUT2D eigenvalue weighted by Gasteiger charge is 2.42. The zero-order chi connectivity index (χ0) is 26.3. The van der Waals surface area contributed by atoms with Gasteiger partial charge in [-0.2, -0.15) is 0 Å². The smallest absolute Gasteiger partial charge is 0.226 e. The molecule has 9 heteroatoms. The van der Waals surface area contributed by atoms with E-state index in [0.717, 1.165) is 44.7 Å². The monoisotopic (exact) mass is 530 g/mol. The van der Waals surface area contributed by atoms with E-state index >= 15 is 0 Å². The van der Waals surface area contributed by atoms with Crippen LogP contribution in [0.25, 0.3) is 5.13 Å². The lowest BCUT2D eigenvalue weighted by Gasteiger charge is -2.28. The molecule has 0 spiro atoms. The third-order valence-electron chi connectivity index (χ3n) is 6.77. The number of thiocarbonyl (C=S) groups is 1. The second-order valence-electron chi connectivity index (χ2n) is 9.62. The molecule has 190 valence electrons. The lowest BCUT2D eigenvalue weighted by Crippen LogP contribution is -2.29. The van der Waals surface area contributed by atoms with Gasteiger partial charge in [0.15, 0.2) is 10.2 Å². The van der Waals surface area contributed by atoms with E-state index in [9.17, 15) is 4.79 Å². The summed E-state index contributed by atoms with van der Waals surface area (Å²) in [5.41, 5.74) is 7.05. The van der Waals surface area contributed by atoms with E-state index in [-0.39, 0.29) is 23.9 Å². The van der Waals surface area contributed by atoms with Crippen LogP contribution in [0.1, 0.15) is 54.1 Å². The van der Waals surface area contributed by atoms with Crippen molar-refractivity contribution in [3.05, 3.63) is 88.4 Å². The van der Waals surface area contributed by atoms with Crippen molar-refractivity contribution >= 4 is 45.9 Å². The van der Waals surface area contributed by atoms with E-state index in [4.69, 9.17) is 12.2 Å². The summed E-state index contributed by atoms with van der Waals surface area (Å²) in [5.74, 6) is -0.0945. The van der Waals surface area contributed by atoms with Gasteiger partial charge in [-0.05, 0) is 80.5 Å². The number of benzene rings is 1. The first-order valence-corrected chi connectivity index (χ1v) is 13.6. The van der Waals surface area contributed by atoms with Gasteiger partial charge in [-0.3, -0.25) is 14.3 Å². The van der Waals surface area contributed by atoms with Gasteiger partial charge in [-0.1, -0.05) is 19.9 Å². The molecule has 1 amide bonds. The molecule has 0 radical (unpaired) electrons. The molecule has 1 fully saturated rings. The molecule has 0 aliphatic carbocycles. The molecular formula is C28H30N6OS2. The highest BCUT2D eigenvalue weighted by Crippen LogP contribution is 2.44. The summed E-state index contributed by atoms with van der Waals surface area (Å²) in [7, 11) is 0. The SMILES string of the molecule is Cc1cc(N2C(=S)N[C@@H](c3ccccn3)[C@H]2c2cc(C)n(-c3nccs3)c2C)ccc1NC(=O)C(C)C. The number of pyridine rings is 1. The normalized spacial score (nSPS) is 17.4. The molecule has 1 saturated heterocycles. The number of nitrogens with zero attached hydrogens (tertiary/aromatic N) is 4. The van der Waals surface area contributed by atoms with E-state index in [1.165, 1.54) is 0 Å². The summed E-state index contributed by atoms with van der Waals surface area (Å²) >= 11 is 7.54. The average molecular weight is 531 g/mol. The van der Waals surface area contributed by atoms with Gasteiger partial charge in [0.2, 0.25) is 5.91 Å². The Morgan fingerprint density at radius 2 is 1.92 bits per heavy atom. The number of hydrogen-bond donors (Lipinski definition) is 2. The third-order valence-corrected chi connectivity index (χ3v) is 7.84. The molecular weight excluding hydrogens is 500 g/mol. The lowest BCUT2D eigenvalue weighted by molar-refractivity contribution is -0.118. The van der Waals surface area contributed by atoms with Gasteiger partial charge < -0.3 is 15.5 Å². The summed E-state index contributed by atoms with van der Waals surface area (Å²) in [6, 6.07) is 14.0. The minimum atomic E-state index is -0.139. The zero-order valence-electron chi connectivity index (χ0n) is 21.5. The van der Waals surface area contributed by atoms with Crippen molar-refractivity contribution in [3.8, 4) is 5.13 Å². The maximum absolute atomic E-state index is 12.3. The van der Waals surface area contributed by atoms with Crippen LogP contribution >= 0.6 is 23.6 Å². The molecule has 37 heavy (non-hydrogen) atoms. The Hall–Kier alpha value is -3.56. The standard InChI is InChI=1S/C28H30N6OS2/c1-16(2)26(35)31-22-10-9-20(14-17(22)3)34-25(24(32-27(34)36)23-8-6-7-11-29-23)21-15-18(4)33(19(21)5)28-30-12-13-37-28/h6-16,24-25H,1-5H3,(H,31,35)(H,32,36)/t24-,25+/m0/s1.